The molecule has 3 aromatic rings. The lowest BCUT2D eigenvalue weighted by molar-refractivity contribution is -0.120. The van der Waals surface area contributed by atoms with E-state index in [1.54, 1.807) is 6.92 Å². The van der Waals surface area contributed by atoms with Gasteiger partial charge in [0.2, 0.25) is 11.1 Å². The molecule has 2 atom stereocenters. The number of aromatic nitrogens is 3. The number of amides is 1. The Morgan fingerprint density at radius 3 is 2.09 bits per heavy atom. The highest BCUT2D eigenvalue weighted by atomic mass is 32.2. The molecule has 33 heavy (non-hydrogen) atoms. The van der Waals surface area contributed by atoms with E-state index in [4.69, 9.17) is 4.98 Å². The standard InChI is InChI=1S/C24H26N4O3S2/c1-15-4-8-18(9-5-15)21-22(19-10-6-16(2)7-11-19)27-28-24(26-21)32-17(3)23(29)25-20-12-13-33(30,31)14-20/h4-11,17,20H,12-14H2,1-3H3,(H,25,29)/t17-,20-/m1/s1. The smallest absolute Gasteiger partial charge is 0.233 e. The Morgan fingerprint density at radius 1 is 0.970 bits per heavy atom. The number of carbonyl (C=O) groups excluding carboxylic acids is 1. The second kappa shape index (κ2) is 9.61. The average molecular weight is 483 g/mol. The lowest BCUT2D eigenvalue weighted by atomic mass is 10.0. The Labute approximate surface area is 198 Å². The molecule has 0 unspecified atom stereocenters. The van der Waals surface area contributed by atoms with Gasteiger partial charge in [-0.15, -0.1) is 10.2 Å². The molecule has 1 fully saturated rings. The molecule has 0 radical (unpaired) electrons. The van der Waals surface area contributed by atoms with Crippen molar-refractivity contribution in [2.75, 3.05) is 11.5 Å². The molecule has 0 saturated carbocycles. The SMILES string of the molecule is Cc1ccc(-c2nnc(S[C@H](C)C(=O)N[C@@H]3CCS(=O)(=O)C3)nc2-c2ccc(C)cc2)cc1. The summed E-state index contributed by atoms with van der Waals surface area (Å²) in [5, 5.41) is 11.5. The Kier molecular flexibility index (Phi) is 6.81. The van der Waals surface area contributed by atoms with E-state index in [0.717, 1.165) is 22.3 Å². The third-order valence-electron chi connectivity index (χ3n) is 5.55. The highest BCUT2D eigenvalue weighted by molar-refractivity contribution is 8.00. The van der Waals surface area contributed by atoms with Gasteiger partial charge in [0.1, 0.15) is 11.4 Å². The molecule has 0 spiro atoms. The Balaban J connectivity index is 1.58. The summed E-state index contributed by atoms with van der Waals surface area (Å²) < 4.78 is 23.3. The van der Waals surface area contributed by atoms with Gasteiger partial charge < -0.3 is 5.32 Å². The normalized spacial score (nSPS) is 18.1. The number of nitrogens with zero attached hydrogens (tertiary/aromatic N) is 3. The molecule has 2 heterocycles. The molecule has 0 bridgehead atoms. The summed E-state index contributed by atoms with van der Waals surface area (Å²) >= 11 is 1.21. The number of hydrogen-bond donors (Lipinski definition) is 1. The van der Waals surface area contributed by atoms with Crippen molar-refractivity contribution in [3.63, 3.8) is 0 Å². The van der Waals surface area contributed by atoms with Crippen molar-refractivity contribution in [1.29, 1.82) is 0 Å². The molecule has 1 saturated heterocycles. The summed E-state index contributed by atoms with van der Waals surface area (Å²) in [6.45, 7) is 5.81. The van der Waals surface area contributed by atoms with E-state index in [1.165, 1.54) is 11.8 Å². The van der Waals surface area contributed by atoms with Crippen LogP contribution < -0.4 is 5.32 Å². The monoisotopic (exact) mass is 482 g/mol. The fourth-order valence-corrected chi connectivity index (χ4v) is 6.02. The van der Waals surface area contributed by atoms with Gasteiger partial charge in [-0.25, -0.2) is 13.4 Å². The Hall–Kier alpha value is -2.78. The van der Waals surface area contributed by atoms with Crippen LogP contribution in [0.25, 0.3) is 22.5 Å². The summed E-state index contributed by atoms with van der Waals surface area (Å²) in [7, 11) is -3.06. The summed E-state index contributed by atoms with van der Waals surface area (Å²) in [5.74, 6) is -0.116. The van der Waals surface area contributed by atoms with Crippen LogP contribution in [0.5, 0.6) is 0 Å². The number of aryl methyl sites for hydroxylation is 2. The molecule has 1 aliphatic heterocycles. The van der Waals surface area contributed by atoms with E-state index in [0.29, 0.717) is 23.0 Å². The first-order valence-corrected chi connectivity index (χ1v) is 13.5. The molecule has 1 amide bonds. The minimum absolute atomic E-state index is 0.00298. The maximum Gasteiger partial charge on any atom is 0.233 e. The number of thioether (sulfide) groups is 1. The fourth-order valence-electron chi connectivity index (χ4n) is 3.62. The second-order valence-electron chi connectivity index (χ2n) is 8.39. The van der Waals surface area contributed by atoms with Crippen molar-refractivity contribution >= 4 is 27.5 Å². The van der Waals surface area contributed by atoms with Gasteiger partial charge in [-0.2, -0.15) is 0 Å². The molecule has 2 aromatic carbocycles. The van der Waals surface area contributed by atoms with Gasteiger partial charge in [0.05, 0.1) is 16.8 Å². The van der Waals surface area contributed by atoms with Crippen LogP contribution in [0, 0.1) is 13.8 Å². The molecule has 1 aliphatic rings. The van der Waals surface area contributed by atoms with Gasteiger partial charge in [0.15, 0.2) is 9.84 Å². The molecular weight excluding hydrogens is 456 g/mol. The molecule has 1 aromatic heterocycles. The number of benzene rings is 2. The largest absolute Gasteiger partial charge is 0.351 e. The Bertz CT molecular complexity index is 1260. The maximum absolute atomic E-state index is 12.6. The molecule has 1 N–H and O–H groups in total. The zero-order valence-corrected chi connectivity index (χ0v) is 20.4. The Morgan fingerprint density at radius 2 is 1.55 bits per heavy atom. The summed E-state index contributed by atoms with van der Waals surface area (Å²) in [6, 6.07) is 15.8. The molecule has 7 nitrogen and oxygen atoms in total. The van der Waals surface area contributed by atoms with Gasteiger partial charge in [0, 0.05) is 17.2 Å². The first-order chi connectivity index (χ1) is 15.7. The lowest BCUT2D eigenvalue weighted by Crippen LogP contribution is -2.40. The van der Waals surface area contributed by atoms with Crippen molar-refractivity contribution in [2.45, 2.75) is 43.6 Å². The third kappa shape index (κ3) is 5.78. The van der Waals surface area contributed by atoms with Crippen LogP contribution in [0.15, 0.2) is 53.7 Å². The van der Waals surface area contributed by atoms with Crippen molar-refractivity contribution in [3.8, 4) is 22.5 Å². The molecule has 172 valence electrons. The van der Waals surface area contributed by atoms with Crippen LogP contribution in [0.3, 0.4) is 0 Å². The summed E-state index contributed by atoms with van der Waals surface area (Å²) in [5.41, 5.74) is 5.51. The van der Waals surface area contributed by atoms with E-state index in [2.05, 4.69) is 15.5 Å². The first kappa shape index (κ1) is 23.4. The summed E-state index contributed by atoms with van der Waals surface area (Å²) in [6.07, 6.45) is 0.451. The molecule has 9 heteroatoms. The maximum atomic E-state index is 12.6. The quantitative estimate of drug-likeness (QED) is 0.536. The zero-order chi connectivity index (χ0) is 23.6. The highest BCUT2D eigenvalue weighted by Crippen LogP contribution is 2.31. The van der Waals surface area contributed by atoms with E-state index in [9.17, 15) is 13.2 Å². The number of nitrogens with one attached hydrogen (secondary N) is 1. The second-order valence-corrected chi connectivity index (χ2v) is 11.9. The van der Waals surface area contributed by atoms with Crippen LogP contribution >= 0.6 is 11.8 Å². The van der Waals surface area contributed by atoms with Crippen molar-refractivity contribution < 1.29 is 13.2 Å². The lowest BCUT2D eigenvalue weighted by Gasteiger charge is -2.15. The minimum Gasteiger partial charge on any atom is -0.351 e. The van der Waals surface area contributed by atoms with Gasteiger partial charge in [-0.05, 0) is 27.2 Å². The predicted molar refractivity (Wildman–Crippen MR) is 131 cm³/mol. The van der Waals surface area contributed by atoms with Gasteiger partial charge in [0.25, 0.3) is 0 Å². The van der Waals surface area contributed by atoms with E-state index in [1.807, 2.05) is 62.4 Å². The van der Waals surface area contributed by atoms with Crippen LogP contribution in [-0.2, 0) is 14.6 Å². The van der Waals surface area contributed by atoms with Gasteiger partial charge in [-0.1, -0.05) is 71.4 Å². The van der Waals surface area contributed by atoms with Crippen molar-refractivity contribution in [3.05, 3.63) is 59.7 Å². The average Bonchev–Trinajstić information content (AvgIpc) is 3.13. The number of sulfone groups is 1. The van der Waals surface area contributed by atoms with Crippen LogP contribution in [0.1, 0.15) is 24.5 Å². The number of hydrogen-bond acceptors (Lipinski definition) is 7. The minimum atomic E-state index is -3.06. The molecule has 0 aliphatic carbocycles. The van der Waals surface area contributed by atoms with Crippen LogP contribution in [0.4, 0.5) is 0 Å². The van der Waals surface area contributed by atoms with E-state index >= 15 is 0 Å². The van der Waals surface area contributed by atoms with Gasteiger partial charge >= 0.3 is 0 Å². The molecular formula is C24H26N4O3S2. The van der Waals surface area contributed by atoms with Crippen molar-refractivity contribution in [1.82, 2.24) is 20.5 Å². The highest BCUT2D eigenvalue weighted by Gasteiger charge is 2.30. The third-order valence-corrected chi connectivity index (χ3v) is 8.27. The number of rotatable bonds is 6. The summed E-state index contributed by atoms with van der Waals surface area (Å²) in [4.78, 5) is 17.4. The van der Waals surface area contributed by atoms with Crippen LogP contribution in [0.2, 0.25) is 0 Å². The predicted octanol–water partition coefficient (Wildman–Crippen LogP) is 3.61. The van der Waals surface area contributed by atoms with E-state index in [-0.39, 0.29) is 23.5 Å². The first-order valence-electron chi connectivity index (χ1n) is 10.8. The van der Waals surface area contributed by atoms with Crippen LogP contribution in [-0.4, -0.2) is 52.3 Å². The topological polar surface area (TPSA) is 102 Å². The van der Waals surface area contributed by atoms with E-state index < -0.39 is 15.1 Å². The zero-order valence-electron chi connectivity index (χ0n) is 18.8. The van der Waals surface area contributed by atoms with Crippen molar-refractivity contribution in [2.24, 2.45) is 0 Å². The number of carbonyl (C=O) groups is 1. The molecule has 4 rings (SSSR count). The fraction of sp³-hybridized carbons (Fsp3) is 0.333. The van der Waals surface area contributed by atoms with Gasteiger partial charge in [-0.3, -0.25) is 4.79 Å².